The Labute approximate surface area is 197 Å². The van der Waals surface area contributed by atoms with Gasteiger partial charge in [0.2, 0.25) is 11.8 Å². The Bertz CT molecular complexity index is 789. The van der Waals surface area contributed by atoms with Gasteiger partial charge in [0.05, 0.1) is 20.6 Å². The molecule has 184 valence electrons. The van der Waals surface area contributed by atoms with Gasteiger partial charge in [0, 0.05) is 6.04 Å². The third kappa shape index (κ3) is 8.59. The number of carbonyl (C=O) groups excluding carboxylic acids is 2. The van der Waals surface area contributed by atoms with Crippen molar-refractivity contribution in [2.24, 2.45) is 5.92 Å². The first-order valence-corrected chi connectivity index (χ1v) is 12.1. The van der Waals surface area contributed by atoms with Crippen molar-refractivity contribution in [3.05, 3.63) is 23.8 Å². The highest BCUT2D eigenvalue weighted by atomic mass is 16.5. The molecule has 8 heteroatoms. The molecule has 1 aromatic carbocycles. The van der Waals surface area contributed by atoms with Crippen molar-refractivity contribution in [3.63, 3.8) is 0 Å². The van der Waals surface area contributed by atoms with Gasteiger partial charge < -0.3 is 20.1 Å². The van der Waals surface area contributed by atoms with Crippen molar-refractivity contribution >= 4 is 17.8 Å². The summed E-state index contributed by atoms with van der Waals surface area (Å²) in [6.07, 6.45) is 8.30. The first kappa shape index (κ1) is 26.5. The van der Waals surface area contributed by atoms with Crippen molar-refractivity contribution in [2.75, 3.05) is 14.2 Å². The summed E-state index contributed by atoms with van der Waals surface area (Å²) in [4.78, 5) is 25.5. The second-order valence-corrected chi connectivity index (χ2v) is 8.75. The molecule has 0 heterocycles. The van der Waals surface area contributed by atoms with Gasteiger partial charge in [0.1, 0.15) is 6.04 Å². The highest BCUT2D eigenvalue weighted by molar-refractivity contribution is 5.98. The molecule has 2 rings (SSSR count). The Hall–Kier alpha value is -2.77. The van der Waals surface area contributed by atoms with Crippen LogP contribution in [0.25, 0.3) is 0 Å². The van der Waals surface area contributed by atoms with E-state index in [0.717, 1.165) is 31.2 Å². The van der Waals surface area contributed by atoms with Crippen molar-refractivity contribution in [1.29, 1.82) is 5.41 Å². The van der Waals surface area contributed by atoms with Gasteiger partial charge in [0.15, 0.2) is 17.5 Å². The molecule has 0 radical (unpaired) electrons. The Balaban J connectivity index is 1.98. The number of hydrogen-bond donors (Lipinski definition) is 4. The summed E-state index contributed by atoms with van der Waals surface area (Å²) in [7, 11) is 3.10. The number of hydrogen-bond acceptors (Lipinski definition) is 5. The number of rotatable bonds is 11. The average Bonchev–Trinajstić information content (AvgIpc) is 2.82. The van der Waals surface area contributed by atoms with Crippen LogP contribution in [0, 0.1) is 11.3 Å². The maximum Gasteiger partial charge on any atom is 0.242 e. The van der Waals surface area contributed by atoms with Crippen LogP contribution in [0.4, 0.5) is 0 Å². The van der Waals surface area contributed by atoms with Crippen LogP contribution in [0.2, 0.25) is 0 Å². The maximum atomic E-state index is 13.0. The summed E-state index contributed by atoms with van der Waals surface area (Å²) in [6.45, 7) is 4.10. The number of ether oxygens (including phenoxy) is 2. The zero-order chi connectivity index (χ0) is 24.2. The first-order chi connectivity index (χ1) is 15.9. The molecule has 8 nitrogen and oxygen atoms in total. The molecular formula is C25H40N4O4. The van der Waals surface area contributed by atoms with E-state index < -0.39 is 6.04 Å². The van der Waals surface area contributed by atoms with E-state index in [1.807, 2.05) is 0 Å². The molecule has 1 atom stereocenters. The SMILES string of the molecule is CCC(CC)NC(=O)[C@@H](CC1CCCCC1)NC(=N)NC(=O)Cc1ccc(OC)c(OC)c1. The standard InChI is InChI=1S/C25H40N4O4/c1-5-19(6-2)27-24(31)20(14-17-10-8-7-9-11-17)28-25(26)29-23(30)16-18-12-13-21(32-3)22(15-18)33-4/h12-13,15,17,19-20H,5-11,14,16H2,1-4H3,(H,27,31)(H3,26,28,29,30)/t20-/m1/s1. The molecule has 0 aromatic heterocycles. The molecule has 4 N–H and O–H groups in total. The summed E-state index contributed by atoms with van der Waals surface area (Å²) < 4.78 is 10.5. The smallest absolute Gasteiger partial charge is 0.242 e. The molecule has 0 aliphatic heterocycles. The monoisotopic (exact) mass is 460 g/mol. The molecular weight excluding hydrogens is 420 g/mol. The minimum Gasteiger partial charge on any atom is -0.493 e. The number of guanidine groups is 1. The number of methoxy groups -OCH3 is 2. The van der Waals surface area contributed by atoms with Crippen LogP contribution < -0.4 is 25.4 Å². The van der Waals surface area contributed by atoms with Gasteiger partial charge in [-0.2, -0.15) is 0 Å². The van der Waals surface area contributed by atoms with E-state index in [9.17, 15) is 9.59 Å². The van der Waals surface area contributed by atoms with Gasteiger partial charge in [0.25, 0.3) is 0 Å². The number of nitrogens with one attached hydrogen (secondary N) is 4. The molecule has 0 bridgehead atoms. The van der Waals surface area contributed by atoms with Crippen molar-refractivity contribution < 1.29 is 19.1 Å². The van der Waals surface area contributed by atoms with Crippen LogP contribution >= 0.6 is 0 Å². The minimum absolute atomic E-state index is 0.0810. The van der Waals surface area contributed by atoms with E-state index in [1.165, 1.54) is 19.3 Å². The maximum absolute atomic E-state index is 13.0. The molecule has 0 saturated heterocycles. The van der Waals surface area contributed by atoms with Crippen molar-refractivity contribution in [1.82, 2.24) is 16.0 Å². The summed E-state index contributed by atoms with van der Waals surface area (Å²) >= 11 is 0. The van der Waals surface area contributed by atoms with Gasteiger partial charge in [-0.3, -0.25) is 20.3 Å². The van der Waals surface area contributed by atoms with Gasteiger partial charge in [-0.25, -0.2) is 0 Å². The summed E-state index contributed by atoms with van der Waals surface area (Å²) in [5.41, 5.74) is 0.739. The molecule has 1 aromatic rings. The Morgan fingerprint density at radius 1 is 1.03 bits per heavy atom. The molecule has 1 aliphatic carbocycles. The lowest BCUT2D eigenvalue weighted by Gasteiger charge is -2.28. The highest BCUT2D eigenvalue weighted by Gasteiger charge is 2.26. The minimum atomic E-state index is -0.539. The van der Waals surface area contributed by atoms with Crippen LogP contribution in [0.15, 0.2) is 18.2 Å². The van der Waals surface area contributed by atoms with E-state index in [0.29, 0.717) is 23.8 Å². The lowest BCUT2D eigenvalue weighted by molar-refractivity contribution is -0.124. The molecule has 1 aliphatic rings. The lowest BCUT2D eigenvalue weighted by Crippen LogP contribution is -2.53. The van der Waals surface area contributed by atoms with Crippen molar-refractivity contribution in [2.45, 2.75) is 83.7 Å². The number of benzene rings is 1. The summed E-state index contributed by atoms with van der Waals surface area (Å²) in [5, 5.41) is 16.9. The third-order valence-corrected chi connectivity index (χ3v) is 6.34. The number of amides is 2. The zero-order valence-electron chi connectivity index (χ0n) is 20.5. The predicted molar refractivity (Wildman–Crippen MR) is 130 cm³/mol. The van der Waals surface area contributed by atoms with E-state index >= 15 is 0 Å². The topological polar surface area (TPSA) is 113 Å². The van der Waals surface area contributed by atoms with Crippen LogP contribution in [0.1, 0.15) is 70.8 Å². The molecule has 2 amide bonds. The Kier molecular flexibility index (Phi) is 11.0. The quantitative estimate of drug-likeness (QED) is 0.298. The van der Waals surface area contributed by atoms with Crippen LogP contribution in [0.5, 0.6) is 11.5 Å². The predicted octanol–water partition coefficient (Wildman–Crippen LogP) is 3.53. The van der Waals surface area contributed by atoms with Crippen LogP contribution in [-0.4, -0.2) is 44.1 Å². The molecule has 0 spiro atoms. The molecule has 0 unspecified atom stereocenters. The van der Waals surface area contributed by atoms with Crippen molar-refractivity contribution in [3.8, 4) is 11.5 Å². The van der Waals surface area contributed by atoms with E-state index in [-0.39, 0.29) is 30.2 Å². The van der Waals surface area contributed by atoms with Gasteiger partial charge in [-0.05, 0) is 42.9 Å². The second kappa shape index (κ2) is 13.7. The fourth-order valence-corrected chi connectivity index (χ4v) is 4.35. The second-order valence-electron chi connectivity index (χ2n) is 8.75. The molecule has 1 fully saturated rings. The zero-order valence-corrected chi connectivity index (χ0v) is 20.5. The molecule has 1 saturated carbocycles. The average molecular weight is 461 g/mol. The highest BCUT2D eigenvalue weighted by Crippen LogP contribution is 2.28. The van der Waals surface area contributed by atoms with E-state index in [4.69, 9.17) is 14.9 Å². The summed E-state index contributed by atoms with van der Waals surface area (Å²) in [5.74, 6) is 0.997. The number of carbonyl (C=O) groups is 2. The summed E-state index contributed by atoms with van der Waals surface area (Å²) in [6, 6.07) is 4.84. The molecule has 33 heavy (non-hydrogen) atoms. The largest absolute Gasteiger partial charge is 0.493 e. The first-order valence-electron chi connectivity index (χ1n) is 12.1. The van der Waals surface area contributed by atoms with Gasteiger partial charge in [-0.1, -0.05) is 52.0 Å². The van der Waals surface area contributed by atoms with Crippen LogP contribution in [-0.2, 0) is 16.0 Å². The fraction of sp³-hybridized carbons (Fsp3) is 0.640. The fourth-order valence-electron chi connectivity index (χ4n) is 4.35. The Morgan fingerprint density at radius 2 is 1.70 bits per heavy atom. The third-order valence-electron chi connectivity index (χ3n) is 6.34. The van der Waals surface area contributed by atoms with Gasteiger partial charge >= 0.3 is 0 Å². The van der Waals surface area contributed by atoms with Crippen LogP contribution in [0.3, 0.4) is 0 Å². The van der Waals surface area contributed by atoms with E-state index in [1.54, 1.807) is 32.4 Å². The normalized spacial score (nSPS) is 14.9. The lowest BCUT2D eigenvalue weighted by atomic mass is 9.84. The van der Waals surface area contributed by atoms with Gasteiger partial charge in [-0.15, -0.1) is 0 Å². The van der Waals surface area contributed by atoms with E-state index in [2.05, 4.69) is 29.8 Å². The Morgan fingerprint density at radius 3 is 2.30 bits per heavy atom.